The minimum absolute atomic E-state index is 0.308. The van der Waals surface area contributed by atoms with Crippen molar-refractivity contribution in [1.82, 2.24) is 14.3 Å². The highest BCUT2D eigenvalue weighted by Crippen LogP contribution is 2.23. The number of carboxylic acid groups (broad SMARTS) is 1. The van der Waals surface area contributed by atoms with Gasteiger partial charge in [0.05, 0.1) is 5.69 Å². The molecular formula is C14H19N3O2S. The summed E-state index contributed by atoms with van der Waals surface area (Å²) in [6.45, 7) is 3.00. The molecule has 0 saturated carbocycles. The van der Waals surface area contributed by atoms with E-state index >= 15 is 0 Å². The molecule has 1 aliphatic heterocycles. The Morgan fingerprint density at radius 1 is 1.45 bits per heavy atom. The zero-order chi connectivity index (χ0) is 13.9. The Balaban J connectivity index is 1.48. The molecule has 0 atom stereocenters. The van der Waals surface area contributed by atoms with E-state index in [9.17, 15) is 4.79 Å². The molecule has 2 aromatic heterocycles. The van der Waals surface area contributed by atoms with Crippen molar-refractivity contribution in [2.45, 2.75) is 32.2 Å². The summed E-state index contributed by atoms with van der Waals surface area (Å²) in [5.74, 6) is -0.0987. The lowest BCUT2D eigenvalue weighted by atomic mass is 9.92. The lowest BCUT2D eigenvalue weighted by Crippen LogP contribution is -2.33. The zero-order valence-electron chi connectivity index (χ0n) is 11.4. The molecule has 20 heavy (non-hydrogen) atoms. The summed E-state index contributed by atoms with van der Waals surface area (Å²) in [6.07, 6.45) is 7.48. The Kier molecular flexibility index (Phi) is 4.03. The largest absolute Gasteiger partial charge is 0.481 e. The molecule has 3 heterocycles. The van der Waals surface area contributed by atoms with Crippen LogP contribution in [0.15, 0.2) is 17.8 Å². The van der Waals surface area contributed by atoms with E-state index in [1.807, 2.05) is 11.6 Å². The molecule has 0 spiro atoms. The Morgan fingerprint density at radius 2 is 2.25 bits per heavy atom. The molecule has 0 aromatic carbocycles. The number of imidazole rings is 1. The fraction of sp³-hybridized carbons (Fsp3) is 0.571. The number of likely N-dealkylation sites (tertiary alicyclic amines) is 1. The van der Waals surface area contributed by atoms with Gasteiger partial charge < -0.3 is 5.11 Å². The number of fused-ring (bicyclic) bond motifs is 1. The third-order valence-corrected chi connectivity index (χ3v) is 4.77. The van der Waals surface area contributed by atoms with Crippen molar-refractivity contribution < 1.29 is 9.90 Å². The van der Waals surface area contributed by atoms with Gasteiger partial charge in [-0.1, -0.05) is 0 Å². The van der Waals surface area contributed by atoms with Crippen molar-refractivity contribution in [2.75, 3.05) is 13.1 Å². The minimum atomic E-state index is -0.675. The second kappa shape index (κ2) is 5.93. The van der Waals surface area contributed by atoms with E-state index in [2.05, 4.69) is 20.5 Å². The molecule has 108 valence electrons. The number of carboxylic acids is 1. The fourth-order valence-electron chi connectivity index (χ4n) is 2.84. The number of aromatic nitrogens is 2. The maximum absolute atomic E-state index is 10.6. The Morgan fingerprint density at radius 3 is 2.95 bits per heavy atom. The predicted molar refractivity (Wildman–Crippen MR) is 77.9 cm³/mol. The van der Waals surface area contributed by atoms with E-state index in [0.29, 0.717) is 12.3 Å². The SMILES string of the molecule is O=C(O)CCC1CCN(Cc2cn3ccsc3n2)CC1. The van der Waals surface area contributed by atoms with Gasteiger partial charge in [0.15, 0.2) is 4.96 Å². The Bertz CT molecular complexity index is 556. The van der Waals surface area contributed by atoms with E-state index in [-0.39, 0.29) is 0 Å². The quantitative estimate of drug-likeness (QED) is 0.920. The van der Waals surface area contributed by atoms with Crippen LogP contribution in [0.4, 0.5) is 0 Å². The third kappa shape index (κ3) is 3.19. The Hall–Kier alpha value is -1.40. The van der Waals surface area contributed by atoms with Gasteiger partial charge in [-0.25, -0.2) is 4.98 Å². The first kappa shape index (κ1) is 13.6. The smallest absolute Gasteiger partial charge is 0.303 e. The van der Waals surface area contributed by atoms with Crippen LogP contribution in [0, 0.1) is 5.92 Å². The van der Waals surface area contributed by atoms with Crippen LogP contribution in [-0.4, -0.2) is 38.4 Å². The molecule has 1 aliphatic rings. The maximum Gasteiger partial charge on any atom is 0.303 e. The van der Waals surface area contributed by atoms with Crippen molar-refractivity contribution >= 4 is 22.3 Å². The van der Waals surface area contributed by atoms with Gasteiger partial charge in [-0.05, 0) is 38.3 Å². The van der Waals surface area contributed by atoms with Crippen molar-refractivity contribution in [3.8, 4) is 0 Å². The molecule has 1 saturated heterocycles. The average Bonchev–Trinajstić information content (AvgIpc) is 2.99. The minimum Gasteiger partial charge on any atom is -0.481 e. The topological polar surface area (TPSA) is 57.8 Å². The van der Waals surface area contributed by atoms with Gasteiger partial charge in [0.2, 0.25) is 0 Å². The van der Waals surface area contributed by atoms with Crippen LogP contribution in [0.25, 0.3) is 4.96 Å². The summed E-state index contributed by atoms with van der Waals surface area (Å²) >= 11 is 1.66. The van der Waals surface area contributed by atoms with E-state index in [4.69, 9.17) is 5.11 Å². The van der Waals surface area contributed by atoms with Gasteiger partial charge in [0.1, 0.15) is 0 Å². The van der Waals surface area contributed by atoms with Gasteiger partial charge in [0, 0.05) is 30.7 Å². The standard InChI is InChI=1S/C14H19N3O2S/c18-13(19)2-1-11-3-5-16(6-4-11)9-12-10-17-7-8-20-14(17)15-12/h7-8,10-11H,1-6,9H2,(H,18,19). The van der Waals surface area contributed by atoms with Gasteiger partial charge in [-0.2, -0.15) is 0 Å². The van der Waals surface area contributed by atoms with Gasteiger partial charge in [-0.3, -0.25) is 14.1 Å². The molecule has 0 aliphatic carbocycles. The highest BCUT2D eigenvalue weighted by molar-refractivity contribution is 7.15. The molecule has 0 amide bonds. The fourth-order valence-corrected chi connectivity index (χ4v) is 3.56. The molecule has 1 N–H and O–H groups in total. The Labute approximate surface area is 121 Å². The van der Waals surface area contributed by atoms with Gasteiger partial charge in [0.25, 0.3) is 0 Å². The summed E-state index contributed by atoms with van der Waals surface area (Å²) in [5.41, 5.74) is 1.13. The van der Waals surface area contributed by atoms with Crippen molar-refractivity contribution in [3.05, 3.63) is 23.5 Å². The van der Waals surface area contributed by atoms with E-state index in [1.165, 1.54) is 0 Å². The van der Waals surface area contributed by atoms with Crippen LogP contribution in [-0.2, 0) is 11.3 Å². The molecule has 0 unspecified atom stereocenters. The molecule has 5 nitrogen and oxygen atoms in total. The third-order valence-electron chi connectivity index (χ3n) is 4.00. The molecule has 6 heteroatoms. The number of hydrogen-bond acceptors (Lipinski definition) is 4. The summed E-state index contributed by atoms with van der Waals surface area (Å²) in [5, 5.41) is 10.8. The summed E-state index contributed by atoms with van der Waals surface area (Å²) in [6, 6.07) is 0. The molecular weight excluding hydrogens is 274 g/mol. The number of rotatable bonds is 5. The lowest BCUT2D eigenvalue weighted by Gasteiger charge is -2.31. The highest BCUT2D eigenvalue weighted by Gasteiger charge is 2.20. The lowest BCUT2D eigenvalue weighted by molar-refractivity contribution is -0.137. The van der Waals surface area contributed by atoms with Crippen LogP contribution in [0.5, 0.6) is 0 Å². The highest BCUT2D eigenvalue weighted by atomic mass is 32.1. The van der Waals surface area contributed by atoms with Crippen LogP contribution < -0.4 is 0 Å². The van der Waals surface area contributed by atoms with Crippen LogP contribution in [0.2, 0.25) is 0 Å². The number of carbonyl (C=O) groups is 1. The van der Waals surface area contributed by atoms with Crippen molar-refractivity contribution in [1.29, 1.82) is 0 Å². The second-order valence-electron chi connectivity index (χ2n) is 5.48. The van der Waals surface area contributed by atoms with Crippen LogP contribution in [0.3, 0.4) is 0 Å². The first-order valence-electron chi connectivity index (χ1n) is 7.06. The zero-order valence-corrected chi connectivity index (χ0v) is 12.2. The summed E-state index contributed by atoms with van der Waals surface area (Å²) in [7, 11) is 0. The second-order valence-corrected chi connectivity index (χ2v) is 6.35. The van der Waals surface area contributed by atoms with Crippen molar-refractivity contribution in [3.63, 3.8) is 0 Å². The first-order chi connectivity index (χ1) is 9.70. The number of hydrogen-bond donors (Lipinski definition) is 1. The number of thiazole rings is 1. The number of piperidine rings is 1. The average molecular weight is 293 g/mol. The normalized spacial score (nSPS) is 17.8. The molecule has 2 aromatic rings. The predicted octanol–water partition coefficient (Wildman–Crippen LogP) is 2.47. The summed E-state index contributed by atoms with van der Waals surface area (Å²) < 4.78 is 2.07. The van der Waals surface area contributed by atoms with E-state index in [0.717, 1.165) is 49.6 Å². The van der Waals surface area contributed by atoms with E-state index in [1.54, 1.807) is 11.3 Å². The van der Waals surface area contributed by atoms with Crippen LogP contribution in [0.1, 0.15) is 31.4 Å². The van der Waals surface area contributed by atoms with E-state index < -0.39 is 5.97 Å². The maximum atomic E-state index is 10.6. The monoisotopic (exact) mass is 293 g/mol. The summed E-state index contributed by atoms with van der Waals surface area (Å²) in [4.78, 5) is 18.7. The van der Waals surface area contributed by atoms with Gasteiger partial charge >= 0.3 is 5.97 Å². The number of aliphatic carboxylic acids is 1. The molecule has 1 fully saturated rings. The molecule has 0 bridgehead atoms. The molecule has 3 rings (SSSR count). The van der Waals surface area contributed by atoms with Crippen LogP contribution >= 0.6 is 11.3 Å². The van der Waals surface area contributed by atoms with Crippen molar-refractivity contribution in [2.24, 2.45) is 5.92 Å². The first-order valence-corrected chi connectivity index (χ1v) is 7.94. The van der Waals surface area contributed by atoms with Gasteiger partial charge in [-0.15, -0.1) is 11.3 Å². The number of nitrogens with zero attached hydrogens (tertiary/aromatic N) is 3. The molecule has 0 radical (unpaired) electrons.